The third-order valence-corrected chi connectivity index (χ3v) is 3.98. The average molecular weight is 345 g/mol. The molecule has 2 rings (SSSR count). The van der Waals surface area contributed by atoms with Crippen LogP contribution in [0.15, 0.2) is 47.6 Å². The van der Waals surface area contributed by atoms with Crippen LogP contribution in [0, 0.1) is 0 Å². The summed E-state index contributed by atoms with van der Waals surface area (Å²) in [5, 5.41) is 4.51. The summed E-state index contributed by atoms with van der Waals surface area (Å²) < 4.78 is 5.14. The zero-order valence-electron chi connectivity index (χ0n) is 14.0. The van der Waals surface area contributed by atoms with Gasteiger partial charge in [-0.3, -0.25) is 4.79 Å². The molecule has 0 fully saturated rings. The SMILES string of the molecule is COc1ccc(Cl)c(CC(=O)N/N=C/c2ccc(C(C)C)cc2)c1. The molecule has 0 atom stereocenters. The Morgan fingerprint density at radius 1 is 1.25 bits per heavy atom. The van der Waals surface area contributed by atoms with Gasteiger partial charge in [0, 0.05) is 5.02 Å². The maximum absolute atomic E-state index is 12.0. The van der Waals surface area contributed by atoms with Gasteiger partial charge in [0.1, 0.15) is 5.75 Å². The summed E-state index contributed by atoms with van der Waals surface area (Å²) in [6, 6.07) is 13.3. The van der Waals surface area contributed by atoms with Crippen LogP contribution in [0.2, 0.25) is 5.02 Å². The molecule has 0 saturated heterocycles. The van der Waals surface area contributed by atoms with E-state index in [-0.39, 0.29) is 12.3 Å². The van der Waals surface area contributed by atoms with E-state index in [1.165, 1.54) is 5.56 Å². The quantitative estimate of drug-likeness (QED) is 0.631. The van der Waals surface area contributed by atoms with Crippen LogP contribution < -0.4 is 10.2 Å². The first kappa shape index (κ1) is 18.0. The summed E-state index contributed by atoms with van der Waals surface area (Å²) in [5.41, 5.74) is 5.41. The van der Waals surface area contributed by atoms with E-state index in [0.29, 0.717) is 22.3 Å². The Bertz CT molecular complexity index is 725. The van der Waals surface area contributed by atoms with Crippen molar-refractivity contribution >= 4 is 23.7 Å². The third kappa shape index (κ3) is 5.10. The number of methoxy groups -OCH3 is 1. The maximum Gasteiger partial charge on any atom is 0.244 e. The normalized spacial score (nSPS) is 11.0. The van der Waals surface area contributed by atoms with E-state index in [1.54, 1.807) is 31.5 Å². The highest BCUT2D eigenvalue weighted by Gasteiger charge is 2.08. The van der Waals surface area contributed by atoms with Crippen molar-refractivity contribution in [3.63, 3.8) is 0 Å². The fourth-order valence-electron chi connectivity index (χ4n) is 2.17. The second-order valence-corrected chi connectivity index (χ2v) is 6.16. The smallest absolute Gasteiger partial charge is 0.244 e. The van der Waals surface area contributed by atoms with E-state index >= 15 is 0 Å². The summed E-state index contributed by atoms with van der Waals surface area (Å²) in [5.74, 6) is 0.916. The first-order valence-electron chi connectivity index (χ1n) is 7.74. The molecule has 2 aromatic carbocycles. The minimum Gasteiger partial charge on any atom is -0.497 e. The maximum atomic E-state index is 12.0. The summed E-state index contributed by atoms with van der Waals surface area (Å²) in [7, 11) is 1.57. The third-order valence-electron chi connectivity index (χ3n) is 3.61. The summed E-state index contributed by atoms with van der Waals surface area (Å²) in [6.07, 6.45) is 1.76. The van der Waals surface area contributed by atoms with Gasteiger partial charge in [0.05, 0.1) is 19.7 Å². The van der Waals surface area contributed by atoms with Gasteiger partial charge >= 0.3 is 0 Å². The molecule has 0 bridgehead atoms. The number of nitrogens with zero attached hydrogens (tertiary/aromatic N) is 1. The van der Waals surface area contributed by atoms with Crippen LogP contribution in [-0.4, -0.2) is 19.2 Å². The molecule has 1 N–H and O–H groups in total. The van der Waals surface area contributed by atoms with Gasteiger partial charge in [-0.15, -0.1) is 0 Å². The lowest BCUT2D eigenvalue weighted by Crippen LogP contribution is -2.20. The van der Waals surface area contributed by atoms with Gasteiger partial charge in [-0.1, -0.05) is 49.7 Å². The minimum absolute atomic E-state index is 0.139. The number of rotatable bonds is 6. The molecule has 5 heteroatoms. The molecule has 0 heterocycles. The van der Waals surface area contributed by atoms with Crippen molar-refractivity contribution in [1.82, 2.24) is 5.43 Å². The van der Waals surface area contributed by atoms with Gasteiger partial charge in [0.15, 0.2) is 0 Å². The number of hydrazone groups is 1. The molecule has 0 radical (unpaired) electrons. The number of hydrogen-bond acceptors (Lipinski definition) is 3. The number of hydrogen-bond donors (Lipinski definition) is 1. The molecule has 4 nitrogen and oxygen atoms in total. The largest absolute Gasteiger partial charge is 0.497 e. The summed E-state index contributed by atoms with van der Waals surface area (Å²) in [4.78, 5) is 12.0. The minimum atomic E-state index is -0.236. The zero-order chi connectivity index (χ0) is 17.5. The van der Waals surface area contributed by atoms with Gasteiger partial charge in [-0.25, -0.2) is 5.43 Å². The number of nitrogens with one attached hydrogen (secondary N) is 1. The van der Waals surface area contributed by atoms with Gasteiger partial charge in [0.2, 0.25) is 5.91 Å². The fraction of sp³-hybridized carbons (Fsp3) is 0.263. The first-order valence-corrected chi connectivity index (χ1v) is 8.11. The van der Waals surface area contributed by atoms with E-state index in [2.05, 4.69) is 36.5 Å². The highest BCUT2D eigenvalue weighted by atomic mass is 35.5. The summed E-state index contributed by atoms with van der Waals surface area (Å²) in [6.45, 7) is 4.29. The van der Waals surface area contributed by atoms with E-state index in [1.807, 2.05) is 12.1 Å². The second kappa shape index (κ2) is 8.50. The van der Waals surface area contributed by atoms with Crippen LogP contribution in [-0.2, 0) is 11.2 Å². The predicted molar refractivity (Wildman–Crippen MR) is 98.0 cm³/mol. The Hall–Kier alpha value is -2.33. The van der Waals surface area contributed by atoms with Crippen molar-refractivity contribution < 1.29 is 9.53 Å². The van der Waals surface area contributed by atoms with E-state index < -0.39 is 0 Å². The van der Waals surface area contributed by atoms with Crippen LogP contribution in [0.1, 0.15) is 36.5 Å². The number of ether oxygens (including phenoxy) is 1. The van der Waals surface area contributed by atoms with Crippen molar-refractivity contribution in [1.29, 1.82) is 0 Å². The van der Waals surface area contributed by atoms with Crippen LogP contribution >= 0.6 is 11.6 Å². The van der Waals surface area contributed by atoms with Gasteiger partial charge < -0.3 is 4.74 Å². The molecule has 2 aromatic rings. The summed E-state index contributed by atoms with van der Waals surface area (Å²) >= 11 is 6.09. The van der Waals surface area contributed by atoms with Gasteiger partial charge in [-0.05, 0) is 40.8 Å². The van der Waals surface area contributed by atoms with Crippen molar-refractivity contribution in [3.8, 4) is 5.75 Å². The molecule has 0 aliphatic carbocycles. The lowest BCUT2D eigenvalue weighted by atomic mass is 10.0. The molecular weight excluding hydrogens is 324 g/mol. The van der Waals surface area contributed by atoms with E-state index in [0.717, 1.165) is 5.56 Å². The van der Waals surface area contributed by atoms with Crippen LogP contribution in [0.4, 0.5) is 0 Å². The number of carbonyl (C=O) groups excluding carboxylic acids is 1. The highest BCUT2D eigenvalue weighted by molar-refractivity contribution is 6.31. The number of benzene rings is 2. The molecule has 0 unspecified atom stereocenters. The lowest BCUT2D eigenvalue weighted by molar-refractivity contribution is -0.120. The zero-order valence-corrected chi connectivity index (χ0v) is 14.8. The molecule has 0 aromatic heterocycles. The lowest BCUT2D eigenvalue weighted by Gasteiger charge is -2.06. The van der Waals surface area contributed by atoms with Gasteiger partial charge in [-0.2, -0.15) is 5.10 Å². The number of amides is 1. The topological polar surface area (TPSA) is 50.7 Å². The molecule has 24 heavy (non-hydrogen) atoms. The number of halogens is 1. The highest BCUT2D eigenvalue weighted by Crippen LogP contribution is 2.22. The Balaban J connectivity index is 1.93. The Morgan fingerprint density at radius 2 is 1.96 bits per heavy atom. The van der Waals surface area contributed by atoms with Crippen molar-refractivity contribution in [3.05, 3.63) is 64.2 Å². The average Bonchev–Trinajstić information content (AvgIpc) is 2.57. The molecule has 126 valence electrons. The fourth-order valence-corrected chi connectivity index (χ4v) is 2.36. The van der Waals surface area contributed by atoms with Crippen LogP contribution in [0.3, 0.4) is 0 Å². The first-order chi connectivity index (χ1) is 11.5. The molecule has 0 saturated carbocycles. The van der Waals surface area contributed by atoms with Crippen LogP contribution in [0.5, 0.6) is 5.75 Å². The standard InChI is InChI=1S/C19H21ClN2O2/c1-13(2)15-6-4-14(5-7-15)12-21-22-19(23)11-16-10-17(24-3)8-9-18(16)20/h4-10,12-13H,11H2,1-3H3,(H,22,23)/b21-12+. The van der Waals surface area contributed by atoms with Crippen LogP contribution in [0.25, 0.3) is 0 Å². The predicted octanol–water partition coefficient (Wildman–Crippen LogP) is 4.16. The van der Waals surface area contributed by atoms with E-state index in [4.69, 9.17) is 16.3 Å². The van der Waals surface area contributed by atoms with Crippen molar-refractivity contribution in [2.75, 3.05) is 7.11 Å². The monoisotopic (exact) mass is 344 g/mol. The molecule has 0 spiro atoms. The molecule has 0 aliphatic heterocycles. The number of carbonyl (C=O) groups is 1. The molecule has 0 aliphatic rings. The van der Waals surface area contributed by atoms with Crippen molar-refractivity contribution in [2.45, 2.75) is 26.2 Å². The van der Waals surface area contributed by atoms with Crippen molar-refractivity contribution in [2.24, 2.45) is 5.10 Å². The molecule has 1 amide bonds. The Labute approximate surface area is 147 Å². The Morgan fingerprint density at radius 3 is 2.58 bits per heavy atom. The Kier molecular flexibility index (Phi) is 6.38. The second-order valence-electron chi connectivity index (χ2n) is 5.75. The van der Waals surface area contributed by atoms with E-state index in [9.17, 15) is 4.79 Å². The molecular formula is C19H21ClN2O2. The van der Waals surface area contributed by atoms with Gasteiger partial charge in [0.25, 0.3) is 0 Å².